The molecule has 1 saturated heterocycles. The molecule has 140 valence electrons. The first kappa shape index (κ1) is 17.9. The molecular weight excluding hydrogens is 356 g/mol. The molecule has 1 unspecified atom stereocenters. The molecule has 0 saturated carbocycles. The zero-order valence-electron chi connectivity index (χ0n) is 15.3. The molecule has 2 aromatic heterocycles. The van der Waals surface area contributed by atoms with Gasteiger partial charge in [-0.05, 0) is 54.9 Å². The Balaban J connectivity index is 1.34. The molecule has 5 nitrogen and oxygen atoms in total. The maximum absolute atomic E-state index is 12.2. The Morgan fingerprint density at radius 3 is 2.89 bits per heavy atom. The minimum absolute atomic E-state index is 0.0456. The van der Waals surface area contributed by atoms with E-state index in [9.17, 15) is 4.79 Å². The quantitative estimate of drug-likeness (QED) is 0.711. The maximum atomic E-state index is 12.2. The monoisotopic (exact) mass is 380 g/mol. The van der Waals surface area contributed by atoms with Crippen LogP contribution < -0.4 is 5.32 Å². The zero-order valence-corrected chi connectivity index (χ0v) is 16.1. The number of benzene rings is 1. The number of amides is 1. The van der Waals surface area contributed by atoms with Gasteiger partial charge < -0.3 is 5.32 Å². The van der Waals surface area contributed by atoms with E-state index >= 15 is 0 Å². The topological polar surface area (TPSA) is 50.2 Å². The number of rotatable bonds is 6. The summed E-state index contributed by atoms with van der Waals surface area (Å²) < 4.78 is 2.02. The number of nitrogens with one attached hydrogen (secondary N) is 1. The average Bonchev–Trinajstić information content (AvgIpc) is 3.39. The summed E-state index contributed by atoms with van der Waals surface area (Å²) >= 11 is 1.49. The van der Waals surface area contributed by atoms with Crippen molar-refractivity contribution >= 4 is 17.2 Å². The number of aromatic nitrogens is 2. The average molecular weight is 381 g/mol. The van der Waals surface area contributed by atoms with Gasteiger partial charge in [0, 0.05) is 25.8 Å². The summed E-state index contributed by atoms with van der Waals surface area (Å²) in [6.07, 6.45) is 4.20. The summed E-state index contributed by atoms with van der Waals surface area (Å²) in [6, 6.07) is 16.1. The van der Waals surface area contributed by atoms with Crippen LogP contribution in [0.15, 0.2) is 60.1 Å². The van der Waals surface area contributed by atoms with Crippen molar-refractivity contribution < 1.29 is 4.79 Å². The van der Waals surface area contributed by atoms with E-state index in [0.717, 1.165) is 36.7 Å². The van der Waals surface area contributed by atoms with Crippen molar-refractivity contribution in [3.63, 3.8) is 0 Å². The highest BCUT2D eigenvalue weighted by Gasteiger charge is 2.22. The Hall–Kier alpha value is -2.44. The van der Waals surface area contributed by atoms with Crippen LogP contribution in [0.3, 0.4) is 0 Å². The third-order valence-electron chi connectivity index (χ3n) is 5.01. The first-order valence-corrected chi connectivity index (χ1v) is 10.3. The molecule has 0 radical (unpaired) electrons. The summed E-state index contributed by atoms with van der Waals surface area (Å²) in [5.41, 5.74) is 2.29. The van der Waals surface area contributed by atoms with Gasteiger partial charge >= 0.3 is 0 Å². The Morgan fingerprint density at radius 1 is 1.19 bits per heavy atom. The molecule has 0 aliphatic carbocycles. The number of likely N-dealkylation sites (tertiary alicyclic amines) is 1. The van der Waals surface area contributed by atoms with E-state index in [1.165, 1.54) is 29.9 Å². The van der Waals surface area contributed by atoms with E-state index in [1.54, 1.807) is 0 Å². The number of nitrogens with zero attached hydrogens (tertiary/aromatic N) is 3. The first-order valence-electron chi connectivity index (χ1n) is 9.42. The molecule has 1 fully saturated rings. The number of thiophene rings is 1. The zero-order chi connectivity index (χ0) is 18.5. The molecule has 0 bridgehead atoms. The van der Waals surface area contributed by atoms with Crippen LogP contribution in [-0.4, -0.2) is 40.2 Å². The van der Waals surface area contributed by atoms with Crippen LogP contribution in [0.1, 0.15) is 28.2 Å². The Morgan fingerprint density at radius 2 is 2.07 bits per heavy atom. The van der Waals surface area contributed by atoms with Crippen LogP contribution in [0.4, 0.5) is 0 Å². The molecule has 1 aliphatic heterocycles. The molecule has 1 aliphatic rings. The number of para-hydroxylation sites is 1. The lowest BCUT2D eigenvalue weighted by molar-refractivity contribution is 0.0934. The van der Waals surface area contributed by atoms with E-state index in [-0.39, 0.29) is 5.91 Å². The van der Waals surface area contributed by atoms with E-state index in [1.807, 2.05) is 46.6 Å². The molecule has 1 amide bonds. The van der Waals surface area contributed by atoms with Gasteiger partial charge in [-0.15, -0.1) is 11.3 Å². The molecule has 1 N–H and O–H groups in total. The predicted octanol–water partition coefficient (Wildman–Crippen LogP) is 3.58. The highest BCUT2D eigenvalue weighted by atomic mass is 32.1. The first-order chi connectivity index (χ1) is 13.3. The van der Waals surface area contributed by atoms with E-state index < -0.39 is 0 Å². The predicted molar refractivity (Wildman–Crippen MR) is 108 cm³/mol. The van der Waals surface area contributed by atoms with Gasteiger partial charge in [0.1, 0.15) is 0 Å². The highest BCUT2D eigenvalue weighted by molar-refractivity contribution is 7.12. The normalized spacial score (nSPS) is 17.7. The number of piperidine rings is 1. The third-order valence-corrected chi connectivity index (χ3v) is 5.88. The largest absolute Gasteiger partial charge is 0.351 e. The lowest BCUT2D eigenvalue weighted by Gasteiger charge is -2.32. The minimum Gasteiger partial charge on any atom is -0.351 e. The second kappa shape index (κ2) is 8.50. The fraction of sp³-hybridized carbons (Fsp3) is 0.333. The van der Waals surface area contributed by atoms with Crippen molar-refractivity contribution in [1.29, 1.82) is 0 Å². The van der Waals surface area contributed by atoms with Crippen LogP contribution >= 0.6 is 11.3 Å². The van der Waals surface area contributed by atoms with Gasteiger partial charge in [-0.1, -0.05) is 24.3 Å². The fourth-order valence-corrected chi connectivity index (χ4v) is 4.31. The lowest BCUT2D eigenvalue weighted by Crippen LogP contribution is -2.40. The van der Waals surface area contributed by atoms with Crippen molar-refractivity contribution in [2.24, 2.45) is 5.92 Å². The van der Waals surface area contributed by atoms with Gasteiger partial charge in [-0.2, -0.15) is 5.10 Å². The number of hydrogen-bond donors (Lipinski definition) is 1. The molecule has 6 heteroatoms. The van der Waals surface area contributed by atoms with Crippen molar-refractivity contribution in [2.75, 3.05) is 19.6 Å². The second-order valence-corrected chi connectivity index (χ2v) is 7.95. The van der Waals surface area contributed by atoms with Crippen LogP contribution in [0, 0.1) is 5.92 Å². The fourth-order valence-electron chi connectivity index (χ4n) is 3.67. The summed E-state index contributed by atoms with van der Waals surface area (Å²) in [5.74, 6) is 0.542. The Bertz CT molecular complexity index is 859. The smallest absolute Gasteiger partial charge is 0.261 e. The van der Waals surface area contributed by atoms with Crippen LogP contribution in [0.2, 0.25) is 0 Å². The molecule has 4 rings (SSSR count). The molecule has 1 aromatic carbocycles. The van der Waals surface area contributed by atoms with Crippen LogP contribution in [0.25, 0.3) is 5.69 Å². The van der Waals surface area contributed by atoms with Gasteiger partial charge in [0.15, 0.2) is 0 Å². The van der Waals surface area contributed by atoms with E-state index in [4.69, 9.17) is 0 Å². The second-order valence-electron chi connectivity index (χ2n) is 7.00. The molecule has 27 heavy (non-hydrogen) atoms. The molecule has 1 atom stereocenters. The van der Waals surface area contributed by atoms with Crippen LogP contribution in [0.5, 0.6) is 0 Å². The molecular formula is C21H24N4OS. The van der Waals surface area contributed by atoms with Gasteiger partial charge in [-0.25, -0.2) is 4.68 Å². The standard InChI is InChI=1S/C21H24N4OS/c26-21(20-9-5-13-27-20)22-14-17-6-4-12-24(15-17)16-19-10-11-23-25(19)18-7-2-1-3-8-18/h1-3,5,7-11,13,17H,4,6,12,14-16H2,(H,22,26). The third kappa shape index (κ3) is 4.46. The summed E-state index contributed by atoms with van der Waals surface area (Å²) in [4.78, 5) is 15.4. The summed E-state index contributed by atoms with van der Waals surface area (Å²) in [7, 11) is 0. The number of carbonyl (C=O) groups is 1. The van der Waals surface area contributed by atoms with Gasteiger partial charge in [0.2, 0.25) is 0 Å². The maximum Gasteiger partial charge on any atom is 0.261 e. The SMILES string of the molecule is O=C(NCC1CCCN(Cc2ccnn2-c2ccccc2)C1)c1cccs1. The molecule has 3 heterocycles. The van der Waals surface area contributed by atoms with Gasteiger partial charge in [0.25, 0.3) is 5.91 Å². The number of hydrogen-bond acceptors (Lipinski definition) is 4. The molecule has 0 spiro atoms. The van der Waals surface area contributed by atoms with Gasteiger partial charge in [0.05, 0.1) is 16.3 Å². The molecule has 3 aromatic rings. The van der Waals surface area contributed by atoms with Gasteiger partial charge in [-0.3, -0.25) is 9.69 Å². The Labute approximate surface area is 163 Å². The summed E-state index contributed by atoms with van der Waals surface area (Å²) in [6.45, 7) is 3.72. The highest BCUT2D eigenvalue weighted by Crippen LogP contribution is 2.20. The van der Waals surface area contributed by atoms with E-state index in [0.29, 0.717) is 5.92 Å². The Kier molecular flexibility index (Phi) is 5.65. The minimum atomic E-state index is 0.0456. The summed E-state index contributed by atoms with van der Waals surface area (Å²) in [5, 5.41) is 9.53. The van der Waals surface area contributed by atoms with Crippen molar-refractivity contribution in [3.8, 4) is 5.69 Å². The lowest BCUT2D eigenvalue weighted by atomic mass is 9.98. The van der Waals surface area contributed by atoms with Crippen LogP contribution in [-0.2, 0) is 6.54 Å². The number of carbonyl (C=O) groups excluding carboxylic acids is 1. The van der Waals surface area contributed by atoms with Crippen molar-refractivity contribution in [3.05, 3.63) is 70.7 Å². The van der Waals surface area contributed by atoms with E-state index in [2.05, 4.69) is 33.5 Å². The van der Waals surface area contributed by atoms with Crippen molar-refractivity contribution in [1.82, 2.24) is 20.0 Å². The van der Waals surface area contributed by atoms with Crippen molar-refractivity contribution in [2.45, 2.75) is 19.4 Å².